The fourth-order valence-corrected chi connectivity index (χ4v) is 1.87. The second-order valence-corrected chi connectivity index (χ2v) is 4.42. The summed E-state index contributed by atoms with van der Waals surface area (Å²) in [5, 5.41) is 2.28. The summed E-state index contributed by atoms with van der Waals surface area (Å²) in [5.74, 6) is -0.647. The van der Waals surface area contributed by atoms with Gasteiger partial charge in [-0.25, -0.2) is 0 Å². The molecule has 0 spiro atoms. The van der Waals surface area contributed by atoms with Crippen molar-refractivity contribution in [3.63, 3.8) is 0 Å². The molecule has 0 radical (unpaired) electrons. The van der Waals surface area contributed by atoms with E-state index in [9.17, 15) is 9.59 Å². The quantitative estimate of drug-likeness (QED) is 0.556. The predicted molar refractivity (Wildman–Crippen MR) is 70.1 cm³/mol. The molecule has 18 heavy (non-hydrogen) atoms. The van der Waals surface area contributed by atoms with Crippen LogP contribution in [-0.4, -0.2) is 34.4 Å². The lowest BCUT2D eigenvalue weighted by molar-refractivity contribution is -0.132. The van der Waals surface area contributed by atoms with Gasteiger partial charge < -0.3 is 10.6 Å². The number of anilines is 1. The van der Waals surface area contributed by atoms with Gasteiger partial charge in [-0.1, -0.05) is 12.2 Å². The van der Waals surface area contributed by atoms with Crippen molar-refractivity contribution in [2.45, 2.75) is 13.0 Å². The van der Waals surface area contributed by atoms with Gasteiger partial charge in [0.25, 0.3) is 0 Å². The third-order valence-corrected chi connectivity index (χ3v) is 2.96. The highest BCUT2D eigenvalue weighted by atomic mass is 32.1. The Labute approximate surface area is 109 Å². The van der Waals surface area contributed by atoms with Crippen LogP contribution in [0.2, 0.25) is 0 Å². The van der Waals surface area contributed by atoms with Crippen LogP contribution in [-0.2, 0) is 9.59 Å². The first-order valence-corrected chi connectivity index (χ1v) is 5.76. The topological polar surface area (TPSA) is 88.3 Å². The van der Waals surface area contributed by atoms with Crippen molar-refractivity contribution in [2.75, 3.05) is 11.4 Å². The van der Waals surface area contributed by atoms with E-state index in [-0.39, 0.29) is 23.3 Å². The van der Waals surface area contributed by atoms with Gasteiger partial charge in [0.15, 0.2) is 0 Å². The van der Waals surface area contributed by atoms with Crippen LogP contribution in [0.3, 0.4) is 0 Å². The van der Waals surface area contributed by atoms with Crippen LogP contribution in [0.4, 0.5) is 5.69 Å². The van der Waals surface area contributed by atoms with E-state index < -0.39 is 6.04 Å². The summed E-state index contributed by atoms with van der Waals surface area (Å²) in [7, 11) is 0. The van der Waals surface area contributed by atoms with E-state index in [0.29, 0.717) is 11.4 Å². The summed E-state index contributed by atoms with van der Waals surface area (Å²) >= 11 is 4.85. The molecule has 1 aliphatic heterocycles. The van der Waals surface area contributed by atoms with Crippen LogP contribution >= 0.6 is 12.2 Å². The molecule has 1 fully saturated rings. The Hall–Kier alpha value is -2.02. The molecule has 1 unspecified atom stereocenters. The first kappa shape index (κ1) is 12.4. The number of carbonyl (C=O) groups excluding carboxylic acids is 2. The second kappa shape index (κ2) is 4.69. The summed E-state index contributed by atoms with van der Waals surface area (Å²) in [4.78, 5) is 28.8. The third kappa shape index (κ3) is 2.30. The summed E-state index contributed by atoms with van der Waals surface area (Å²) < 4.78 is 0. The molecule has 6 nitrogen and oxygen atoms in total. The molecule has 7 heteroatoms. The van der Waals surface area contributed by atoms with Crippen molar-refractivity contribution in [3.8, 4) is 0 Å². The highest BCUT2D eigenvalue weighted by Crippen LogP contribution is 2.19. The van der Waals surface area contributed by atoms with Crippen LogP contribution in [0.25, 0.3) is 0 Å². The number of carbonyl (C=O) groups is 2. The Morgan fingerprint density at radius 1 is 1.61 bits per heavy atom. The molecule has 1 aromatic heterocycles. The molecular formula is C11H12N4O2S. The van der Waals surface area contributed by atoms with Gasteiger partial charge in [-0.15, -0.1) is 0 Å². The highest BCUT2D eigenvalue weighted by molar-refractivity contribution is 7.80. The normalized spacial score (nSPS) is 19.6. The van der Waals surface area contributed by atoms with E-state index >= 15 is 0 Å². The summed E-state index contributed by atoms with van der Waals surface area (Å²) in [6.45, 7) is 1.84. The molecule has 0 aliphatic carbocycles. The number of pyridine rings is 1. The molecule has 1 atom stereocenters. The number of hydrogen-bond donors (Lipinski definition) is 2. The van der Waals surface area contributed by atoms with E-state index in [1.807, 2.05) is 0 Å². The lowest BCUT2D eigenvalue weighted by Gasteiger charge is -2.33. The van der Waals surface area contributed by atoms with Crippen molar-refractivity contribution in [1.29, 1.82) is 0 Å². The van der Waals surface area contributed by atoms with Gasteiger partial charge in [-0.3, -0.25) is 19.9 Å². The Balaban J connectivity index is 2.35. The number of piperazine rings is 1. The molecule has 1 saturated heterocycles. The summed E-state index contributed by atoms with van der Waals surface area (Å²) in [6.07, 6.45) is 1.55. The molecule has 1 aromatic rings. The van der Waals surface area contributed by atoms with Gasteiger partial charge in [0.1, 0.15) is 11.0 Å². The Kier molecular flexibility index (Phi) is 3.24. The molecule has 3 N–H and O–H groups in total. The summed E-state index contributed by atoms with van der Waals surface area (Å²) in [6, 6.07) is 2.96. The van der Waals surface area contributed by atoms with Crippen LogP contribution in [0.5, 0.6) is 0 Å². The molecular weight excluding hydrogens is 252 g/mol. The SMILES string of the molecule is CC1C(=O)NC(=O)CN1c1ccnc(C(N)=S)c1. The van der Waals surface area contributed by atoms with E-state index in [1.54, 1.807) is 30.2 Å². The van der Waals surface area contributed by atoms with Gasteiger partial charge in [0.2, 0.25) is 11.8 Å². The monoisotopic (exact) mass is 264 g/mol. The zero-order valence-electron chi connectivity index (χ0n) is 9.71. The lowest BCUT2D eigenvalue weighted by atomic mass is 10.1. The molecule has 2 heterocycles. The largest absolute Gasteiger partial charge is 0.388 e. The van der Waals surface area contributed by atoms with Gasteiger partial charge in [-0.2, -0.15) is 0 Å². The Morgan fingerprint density at radius 3 is 3.00 bits per heavy atom. The number of imide groups is 1. The number of rotatable bonds is 2. The third-order valence-electron chi connectivity index (χ3n) is 2.75. The number of nitrogens with two attached hydrogens (primary N) is 1. The maximum Gasteiger partial charge on any atom is 0.249 e. The van der Waals surface area contributed by atoms with E-state index in [1.165, 1.54) is 0 Å². The van der Waals surface area contributed by atoms with Crippen molar-refractivity contribution in [3.05, 3.63) is 24.0 Å². The first-order chi connectivity index (χ1) is 8.49. The Morgan fingerprint density at radius 2 is 2.33 bits per heavy atom. The van der Waals surface area contributed by atoms with Gasteiger partial charge >= 0.3 is 0 Å². The fraction of sp³-hybridized carbons (Fsp3) is 0.273. The van der Waals surface area contributed by atoms with E-state index in [0.717, 1.165) is 0 Å². The van der Waals surface area contributed by atoms with Crippen molar-refractivity contribution < 1.29 is 9.59 Å². The number of thiocarbonyl (C=S) groups is 1. The smallest absolute Gasteiger partial charge is 0.249 e. The van der Waals surface area contributed by atoms with E-state index in [4.69, 9.17) is 18.0 Å². The van der Waals surface area contributed by atoms with E-state index in [2.05, 4.69) is 10.3 Å². The fourth-order valence-electron chi connectivity index (χ4n) is 1.76. The highest BCUT2D eigenvalue weighted by Gasteiger charge is 2.30. The number of amides is 2. The molecule has 1 aliphatic rings. The van der Waals surface area contributed by atoms with Gasteiger partial charge in [-0.05, 0) is 19.1 Å². The number of hydrogen-bond acceptors (Lipinski definition) is 5. The predicted octanol–water partition coefficient (Wildman–Crippen LogP) is -0.433. The lowest BCUT2D eigenvalue weighted by Crippen LogP contribution is -2.57. The van der Waals surface area contributed by atoms with Crippen molar-refractivity contribution in [1.82, 2.24) is 10.3 Å². The first-order valence-electron chi connectivity index (χ1n) is 5.35. The minimum absolute atomic E-state index is 0.119. The number of nitrogens with zero attached hydrogens (tertiary/aromatic N) is 2. The van der Waals surface area contributed by atoms with Gasteiger partial charge in [0.05, 0.1) is 12.2 Å². The van der Waals surface area contributed by atoms with Crippen LogP contribution in [0, 0.1) is 0 Å². The standard InChI is InChI=1S/C11H12N4O2S/c1-6-11(17)14-9(16)5-15(6)7-2-3-13-8(4-7)10(12)18/h2-4,6H,5H2,1H3,(H2,12,18)(H,14,16,17). The minimum Gasteiger partial charge on any atom is -0.388 e. The van der Waals surface area contributed by atoms with Crippen LogP contribution < -0.4 is 16.0 Å². The maximum absolute atomic E-state index is 11.6. The zero-order valence-corrected chi connectivity index (χ0v) is 10.5. The minimum atomic E-state index is -0.427. The number of nitrogens with one attached hydrogen (secondary N) is 1. The van der Waals surface area contributed by atoms with Crippen molar-refractivity contribution >= 4 is 34.7 Å². The molecule has 2 amide bonds. The molecule has 0 saturated carbocycles. The van der Waals surface area contributed by atoms with Crippen molar-refractivity contribution in [2.24, 2.45) is 5.73 Å². The average Bonchev–Trinajstić information content (AvgIpc) is 2.34. The second-order valence-electron chi connectivity index (χ2n) is 3.98. The summed E-state index contributed by atoms with van der Waals surface area (Å²) in [5.41, 5.74) is 6.67. The Bertz CT molecular complexity index is 532. The van der Waals surface area contributed by atoms with Gasteiger partial charge in [0, 0.05) is 11.9 Å². The average molecular weight is 264 g/mol. The number of aromatic nitrogens is 1. The zero-order chi connectivity index (χ0) is 13.3. The molecule has 94 valence electrons. The van der Waals surface area contributed by atoms with Crippen LogP contribution in [0.15, 0.2) is 18.3 Å². The van der Waals surface area contributed by atoms with Crippen LogP contribution in [0.1, 0.15) is 12.6 Å². The molecule has 0 bridgehead atoms. The molecule has 2 rings (SSSR count). The maximum atomic E-state index is 11.6. The molecule has 0 aromatic carbocycles.